The van der Waals surface area contributed by atoms with E-state index >= 15 is 0 Å². The van der Waals surface area contributed by atoms with Gasteiger partial charge in [-0.05, 0) is 66.6 Å². The minimum absolute atomic E-state index is 0.248. The molecule has 7 nitrogen and oxygen atoms in total. The number of nitrogens with one attached hydrogen (secondary N) is 2. The van der Waals surface area contributed by atoms with Crippen molar-refractivity contribution in [3.63, 3.8) is 0 Å². The van der Waals surface area contributed by atoms with Gasteiger partial charge in [0.05, 0.1) is 18.1 Å². The van der Waals surface area contributed by atoms with Gasteiger partial charge in [0.1, 0.15) is 0 Å². The average Bonchev–Trinajstić information content (AvgIpc) is 2.87. The van der Waals surface area contributed by atoms with E-state index in [-0.39, 0.29) is 4.90 Å². The molecule has 0 spiro atoms. The largest absolute Gasteiger partial charge is 0.379 e. The van der Waals surface area contributed by atoms with Crippen molar-refractivity contribution in [1.29, 1.82) is 0 Å². The smallest absolute Gasteiger partial charge is 0.240 e. The molecule has 3 aromatic rings. The normalized spacial score (nSPS) is 14.9. The summed E-state index contributed by atoms with van der Waals surface area (Å²) >= 11 is 0. The van der Waals surface area contributed by atoms with Gasteiger partial charge in [0, 0.05) is 43.4 Å². The molecule has 1 aliphatic heterocycles. The van der Waals surface area contributed by atoms with Crippen molar-refractivity contribution in [2.45, 2.75) is 11.3 Å². The van der Waals surface area contributed by atoms with E-state index < -0.39 is 10.0 Å². The summed E-state index contributed by atoms with van der Waals surface area (Å²) in [6, 6.07) is 18.7. The van der Waals surface area contributed by atoms with Gasteiger partial charge in [0.2, 0.25) is 10.0 Å². The lowest BCUT2D eigenvalue weighted by molar-refractivity contribution is 0.0376. The standard InChI is InChI=1S/C26H30N4O3S/c31-34(32,28-12-3-15-30-16-18-33-19-17-30)26-7-2-6-25(21-26)29-24-5-1-4-23(20-24)9-8-22-10-13-27-14-11-22/h1-2,4-11,13-14,20-21,28-29H,3,12,15-19H2/b9-8+. The van der Waals surface area contributed by atoms with Crippen LogP contribution in [0, 0.1) is 0 Å². The summed E-state index contributed by atoms with van der Waals surface area (Å²) in [6.07, 6.45) is 8.34. The van der Waals surface area contributed by atoms with Crippen molar-refractivity contribution in [2.24, 2.45) is 0 Å². The zero-order valence-electron chi connectivity index (χ0n) is 19.1. The maximum atomic E-state index is 12.8. The predicted molar refractivity (Wildman–Crippen MR) is 136 cm³/mol. The number of pyridine rings is 1. The lowest BCUT2D eigenvalue weighted by Gasteiger charge is -2.26. The Labute approximate surface area is 201 Å². The SMILES string of the molecule is O=S(=O)(NCCCN1CCOCC1)c1cccc(Nc2cccc(/C=C/c3ccncc3)c2)c1. The van der Waals surface area contributed by atoms with E-state index in [1.54, 1.807) is 30.6 Å². The third kappa shape index (κ3) is 7.23. The van der Waals surface area contributed by atoms with Gasteiger partial charge in [-0.15, -0.1) is 0 Å². The number of sulfonamides is 1. The van der Waals surface area contributed by atoms with Crippen LogP contribution in [-0.4, -0.2) is 57.7 Å². The van der Waals surface area contributed by atoms with Crippen LogP contribution >= 0.6 is 0 Å². The number of rotatable bonds is 10. The van der Waals surface area contributed by atoms with Gasteiger partial charge in [-0.3, -0.25) is 9.88 Å². The number of benzene rings is 2. The molecule has 4 rings (SSSR count). The van der Waals surface area contributed by atoms with E-state index in [1.165, 1.54) is 0 Å². The number of nitrogens with zero attached hydrogens (tertiary/aromatic N) is 2. The fraction of sp³-hybridized carbons (Fsp3) is 0.269. The van der Waals surface area contributed by atoms with Crippen LogP contribution in [0.25, 0.3) is 12.2 Å². The lowest BCUT2D eigenvalue weighted by atomic mass is 10.1. The monoisotopic (exact) mass is 478 g/mol. The molecule has 2 aromatic carbocycles. The molecule has 0 radical (unpaired) electrons. The quantitative estimate of drug-likeness (QED) is 0.429. The van der Waals surface area contributed by atoms with Gasteiger partial charge in [-0.25, -0.2) is 13.1 Å². The summed E-state index contributed by atoms with van der Waals surface area (Å²) in [5, 5.41) is 3.31. The number of hydrogen-bond donors (Lipinski definition) is 2. The van der Waals surface area contributed by atoms with Crippen LogP contribution in [0.5, 0.6) is 0 Å². The molecule has 0 amide bonds. The molecule has 34 heavy (non-hydrogen) atoms. The van der Waals surface area contributed by atoms with E-state index in [1.807, 2.05) is 54.6 Å². The molecule has 8 heteroatoms. The Hall–Kier alpha value is -3.04. The summed E-state index contributed by atoms with van der Waals surface area (Å²) < 4.78 is 33.6. The maximum Gasteiger partial charge on any atom is 0.240 e. The second-order valence-corrected chi connectivity index (χ2v) is 9.86. The Morgan fingerprint density at radius 3 is 2.41 bits per heavy atom. The maximum absolute atomic E-state index is 12.8. The van der Waals surface area contributed by atoms with Gasteiger partial charge in [-0.2, -0.15) is 0 Å². The second kappa shape index (κ2) is 11.9. The Morgan fingerprint density at radius 2 is 1.62 bits per heavy atom. The van der Waals surface area contributed by atoms with Crippen molar-refractivity contribution in [3.8, 4) is 0 Å². The number of hydrogen-bond acceptors (Lipinski definition) is 6. The molecular formula is C26H30N4O3S. The molecule has 178 valence electrons. The Balaban J connectivity index is 1.35. The summed E-state index contributed by atoms with van der Waals surface area (Å²) in [4.78, 5) is 6.57. The molecule has 0 unspecified atom stereocenters. The number of anilines is 2. The lowest BCUT2D eigenvalue weighted by Crippen LogP contribution is -2.38. The van der Waals surface area contributed by atoms with Crippen molar-refractivity contribution >= 4 is 33.6 Å². The highest BCUT2D eigenvalue weighted by atomic mass is 32.2. The third-order valence-electron chi connectivity index (χ3n) is 5.54. The first-order valence-electron chi connectivity index (χ1n) is 11.4. The van der Waals surface area contributed by atoms with Crippen molar-refractivity contribution < 1.29 is 13.2 Å². The summed E-state index contributed by atoms with van der Waals surface area (Å²) in [7, 11) is -3.57. The van der Waals surface area contributed by atoms with Gasteiger partial charge < -0.3 is 10.1 Å². The minimum atomic E-state index is -3.57. The summed E-state index contributed by atoms with van der Waals surface area (Å²) in [5.74, 6) is 0. The van der Waals surface area contributed by atoms with Gasteiger partial charge >= 0.3 is 0 Å². The zero-order chi connectivity index (χ0) is 23.6. The first-order chi connectivity index (χ1) is 16.6. The molecule has 1 aliphatic rings. The first kappa shape index (κ1) is 24.1. The molecule has 2 heterocycles. The molecule has 2 N–H and O–H groups in total. The number of morpholine rings is 1. The zero-order valence-corrected chi connectivity index (χ0v) is 19.9. The average molecular weight is 479 g/mol. The van der Waals surface area contributed by atoms with E-state index in [0.717, 1.165) is 56.1 Å². The van der Waals surface area contributed by atoms with E-state index in [9.17, 15) is 8.42 Å². The van der Waals surface area contributed by atoms with Crippen molar-refractivity contribution in [2.75, 3.05) is 44.7 Å². The van der Waals surface area contributed by atoms with Crippen LogP contribution in [0.4, 0.5) is 11.4 Å². The number of ether oxygens (including phenoxy) is 1. The molecule has 0 atom stereocenters. The summed E-state index contributed by atoms with van der Waals surface area (Å²) in [5.41, 5.74) is 3.70. The Kier molecular flexibility index (Phi) is 8.43. The van der Waals surface area contributed by atoms with Crippen molar-refractivity contribution in [1.82, 2.24) is 14.6 Å². The fourth-order valence-electron chi connectivity index (χ4n) is 3.71. The van der Waals surface area contributed by atoms with Crippen LogP contribution < -0.4 is 10.0 Å². The van der Waals surface area contributed by atoms with Crippen LogP contribution in [0.15, 0.2) is 78.0 Å². The van der Waals surface area contributed by atoms with Gasteiger partial charge in [0.25, 0.3) is 0 Å². The minimum Gasteiger partial charge on any atom is -0.379 e. The van der Waals surface area contributed by atoms with E-state index in [2.05, 4.69) is 19.9 Å². The van der Waals surface area contributed by atoms with Gasteiger partial charge in [-0.1, -0.05) is 30.4 Å². The molecule has 1 saturated heterocycles. The molecule has 0 bridgehead atoms. The predicted octanol–water partition coefficient (Wildman–Crippen LogP) is 4.00. The second-order valence-electron chi connectivity index (χ2n) is 8.10. The Morgan fingerprint density at radius 1 is 0.912 bits per heavy atom. The molecular weight excluding hydrogens is 448 g/mol. The topological polar surface area (TPSA) is 83.6 Å². The summed E-state index contributed by atoms with van der Waals surface area (Å²) in [6.45, 7) is 4.57. The van der Waals surface area contributed by atoms with E-state index in [4.69, 9.17) is 4.74 Å². The molecule has 1 fully saturated rings. The molecule has 0 saturated carbocycles. The Bertz CT molecular complexity index is 1190. The third-order valence-corrected chi connectivity index (χ3v) is 7.00. The highest BCUT2D eigenvalue weighted by molar-refractivity contribution is 7.89. The van der Waals surface area contributed by atoms with Crippen LogP contribution in [0.2, 0.25) is 0 Å². The molecule has 1 aromatic heterocycles. The van der Waals surface area contributed by atoms with Crippen LogP contribution in [0.3, 0.4) is 0 Å². The number of aromatic nitrogens is 1. The van der Waals surface area contributed by atoms with Crippen molar-refractivity contribution in [3.05, 3.63) is 84.2 Å². The highest BCUT2D eigenvalue weighted by Crippen LogP contribution is 2.22. The van der Waals surface area contributed by atoms with E-state index in [0.29, 0.717) is 12.2 Å². The van der Waals surface area contributed by atoms with Crippen LogP contribution in [0.1, 0.15) is 17.5 Å². The van der Waals surface area contributed by atoms with Gasteiger partial charge in [0.15, 0.2) is 0 Å². The molecule has 0 aliphatic carbocycles. The first-order valence-corrected chi connectivity index (χ1v) is 12.9. The highest BCUT2D eigenvalue weighted by Gasteiger charge is 2.15. The fourth-order valence-corrected chi connectivity index (χ4v) is 4.83. The van der Waals surface area contributed by atoms with Crippen LogP contribution in [-0.2, 0) is 14.8 Å².